The molecule has 0 aromatic carbocycles. The summed E-state index contributed by atoms with van der Waals surface area (Å²) < 4.78 is 5.31. The van der Waals surface area contributed by atoms with Crippen molar-refractivity contribution in [1.82, 2.24) is 0 Å². The molecule has 1 atom stereocenters. The predicted molar refractivity (Wildman–Crippen MR) is 61.9 cm³/mol. The predicted octanol–water partition coefficient (Wildman–Crippen LogP) is 2.30. The lowest BCUT2D eigenvalue weighted by atomic mass is 9.65. The standard InChI is InChI=1S/C14H14O3/c15-10-5-7-14(8-6-10)9-13(16)17-12-4-2-1-3-11(12)14/h4-8,11H,1-3,9H2. The molecule has 0 amide bonds. The fourth-order valence-electron chi connectivity index (χ4n) is 2.97. The first-order valence-electron chi connectivity index (χ1n) is 6.03. The molecule has 1 unspecified atom stereocenters. The van der Waals surface area contributed by atoms with Crippen molar-refractivity contribution in [2.75, 3.05) is 0 Å². The highest BCUT2D eigenvalue weighted by Gasteiger charge is 2.45. The number of carbonyl (C=O) groups is 2. The number of fused-ring (bicyclic) bond motifs is 2. The van der Waals surface area contributed by atoms with E-state index in [2.05, 4.69) is 0 Å². The van der Waals surface area contributed by atoms with Gasteiger partial charge in [0.25, 0.3) is 0 Å². The van der Waals surface area contributed by atoms with Gasteiger partial charge in [0, 0.05) is 11.3 Å². The average Bonchev–Trinajstić information content (AvgIpc) is 2.33. The smallest absolute Gasteiger partial charge is 0.312 e. The Morgan fingerprint density at radius 1 is 1.24 bits per heavy atom. The van der Waals surface area contributed by atoms with Gasteiger partial charge in [-0.3, -0.25) is 9.59 Å². The highest BCUT2D eigenvalue weighted by Crippen LogP contribution is 2.49. The summed E-state index contributed by atoms with van der Waals surface area (Å²) in [5.41, 5.74) is -0.324. The highest BCUT2D eigenvalue weighted by atomic mass is 16.5. The van der Waals surface area contributed by atoms with Crippen LogP contribution in [0.5, 0.6) is 0 Å². The minimum Gasteiger partial charge on any atom is -0.431 e. The van der Waals surface area contributed by atoms with Crippen molar-refractivity contribution < 1.29 is 14.3 Å². The molecule has 88 valence electrons. The van der Waals surface area contributed by atoms with Crippen molar-refractivity contribution in [3.8, 4) is 0 Å². The summed E-state index contributed by atoms with van der Waals surface area (Å²) in [4.78, 5) is 22.9. The number of rotatable bonds is 0. The molecule has 1 heterocycles. The third-order valence-electron chi connectivity index (χ3n) is 3.83. The molecule has 1 fully saturated rings. The SMILES string of the molecule is O=C1C=CC2(C=C1)CC(=O)OC1=CCCCC12. The van der Waals surface area contributed by atoms with E-state index in [0.717, 1.165) is 25.0 Å². The summed E-state index contributed by atoms with van der Waals surface area (Å²) in [5.74, 6) is 0.819. The maximum absolute atomic E-state index is 11.7. The van der Waals surface area contributed by atoms with Crippen molar-refractivity contribution in [1.29, 1.82) is 0 Å². The minimum atomic E-state index is -0.324. The van der Waals surface area contributed by atoms with Crippen LogP contribution in [0.2, 0.25) is 0 Å². The Morgan fingerprint density at radius 2 is 2.00 bits per heavy atom. The van der Waals surface area contributed by atoms with Gasteiger partial charge in [0.2, 0.25) is 0 Å². The van der Waals surface area contributed by atoms with Crippen LogP contribution in [0.1, 0.15) is 25.7 Å². The van der Waals surface area contributed by atoms with Crippen LogP contribution >= 0.6 is 0 Å². The van der Waals surface area contributed by atoms with Crippen LogP contribution in [-0.2, 0) is 14.3 Å². The van der Waals surface area contributed by atoms with Gasteiger partial charge in [-0.2, -0.15) is 0 Å². The van der Waals surface area contributed by atoms with Crippen molar-refractivity contribution in [3.63, 3.8) is 0 Å². The molecule has 0 N–H and O–H groups in total. The Hall–Kier alpha value is -1.64. The quantitative estimate of drug-likeness (QED) is 0.600. The van der Waals surface area contributed by atoms with Crippen LogP contribution in [0.25, 0.3) is 0 Å². The molecule has 0 radical (unpaired) electrons. The lowest BCUT2D eigenvalue weighted by Crippen LogP contribution is -2.39. The first kappa shape index (κ1) is 10.5. The minimum absolute atomic E-state index is 0.00379. The lowest BCUT2D eigenvalue weighted by Gasteiger charge is -2.42. The van der Waals surface area contributed by atoms with Crippen molar-refractivity contribution >= 4 is 11.8 Å². The fraction of sp³-hybridized carbons (Fsp3) is 0.429. The molecule has 1 aliphatic heterocycles. The molecule has 1 spiro atoms. The van der Waals surface area contributed by atoms with Gasteiger partial charge in [-0.15, -0.1) is 0 Å². The number of hydrogen-bond acceptors (Lipinski definition) is 3. The Bertz CT molecular complexity index is 452. The molecule has 17 heavy (non-hydrogen) atoms. The Kier molecular flexibility index (Phi) is 2.28. The van der Waals surface area contributed by atoms with E-state index in [1.54, 1.807) is 12.2 Å². The van der Waals surface area contributed by atoms with Crippen LogP contribution in [0, 0.1) is 11.3 Å². The molecule has 0 aromatic rings. The summed E-state index contributed by atoms with van der Waals surface area (Å²) >= 11 is 0. The van der Waals surface area contributed by atoms with Crippen LogP contribution in [0.15, 0.2) is 36.1 Å². The van der Waals surface area contributed by atoms with Crippen LogP contribution < -0.4 is 0 Å². The largest absolute Gasteiger partial charge is 0.431 e. The third-order valence-corrected chi connectivity index (χ3v) is 3.83. The van der Waals surface area contributed by atoms with E-state index >= 15 is 0 Å². The molecular formula is C14H14O3. The number of hydrogen-bond donors (Lipinski definition) is 0. The van der Waals surface area contributed by atoms with Crippen molar-refractivity contribution in [2.24, 2.45) is 11.3 Å². The molecule has 1 saturated heterocycles. The first-order chi connectivity index (χ1) is 8.20. The van der Waals surface area contributed by atoms with E-state index in [9.17, 15) is 9.59 Å². The Morgan fingerprint density at radius 3 is 2.76 bits per heavy atom. The van der Waals surface area contributed by atoms with E-state index in [-0.39, 0.29) is 23.1 Å². The van der Waals surface area contributed by atoms with Gasteiger partial charge in [-0.05, 0) is 37.5 Å². The Labute approximate surface area is 99.8 Å². The second kappa shape index (κ2) is 3.69. The molecule has 3 rings (SSSR count). The lowest BCUT2D eigenvalue weighted by molar-refractivity contribution is -0.147. The summed E-state index contributed by atoms with van der Waals surface area (Å²) in [5, 5.41) is 0. The molecular weight excluding hydrogens is 216 g/mol. The van der Waals surface area contributed by atoms with E-state index in [1.165, 1.54) is 0 Å². The molecule has 0 bridgehead atoms. The monoisotopic (exact) mass is 230 g/mol. The molecule has 3 aliphatic rings. The highest BCUT2D eigenvalue weighted by molar-refractivity contribution is 6.00. The second-order valence-corrected chi connectivity index (χ2v) is 4.92. The van der Waals surface area contributed by atoms with Gasteiger partial charge in [0.15, 0.2) is 5.78 Å². The van der Waals surface area contributed by atoms with Crippen LogP contribution in [0.3, 0.4) is 0 Å². The summed E-state index contributed by atoms with van der Waals surface area (Å²) in [6.45, 7) is 0. The van der Waals surface area contributed by atoms with E-state index in [0.29, 0.717) is 6.42 Å². The summed E-state index contributed by atoms with van der Waals surface area (Å²) in [6, 6.07) is 0. The van der Waals surface area contributed by atoms with Crippen molar-refractivity contribution in [2.45, 2.75) is 25.7 Å². The summed E-state index contributed by atoms with van der Waals surface area (Å²) in [6.07, 6.45) is 12.4. The molecule has 2 aliphatic carbocycles. The first-order valence-corrected chi connectivity index (χ1v) is 6.03. The van der Waals surface area contributed by atoms with Gasteiger partial charge < -0.3 is 4.74 Å². The van der Waals surface area contributed by atoms with Crippen molar-refractivity contribution in [3.05, 3.63) is 36.1 Å². The molecule has 0 aromatic heterocycles. The zero-order valence-corrected chi connectivity index (χ0v) is 9.52. The number of ether oxygens (including phenoxy) is 1. The fourth-order valence-corrected chi connectivity index (χ4v) is 2.97. The topological polar surface area (TPSA) is 43.4 Å². The number of ketones is 1. The number of carbonyl (C=O) groups excluding carboxylic acids is 2. The average molecular weight is 230 g/mol. The second-order valence-electron chi connectivity index (χ2n) is 4.92. The third kappa shape index (κ3) is 1.66. The molecule has 3 heteroatoms. The molecule has 0 saturated carbocycles. The van der Waals surface area contributed by atoms with Gasteiger partial charge >= 0.3 is 5.97 Å². The van der Waals surface area contributed by atoms with Gasteiger partial charge in [-0.25, -0.2) is 0 Å². The summed E-state index contributed by atoms with van der Waals surface area (Å²) in [7, 11) is 0. The maximum atomic E-state index is 11.7. The van der Waals surface area contributed by atoms with Crippen LogP contribution in [0.4, 0.5) is 0 Å². The zero-order valence-electron chi connectivity index (χ0n) is 9.52. The number of allylic oxidation sites excluding steroid dienone is 6. The van der Waals surface area contributed by atoms with Gasteiger partial charge in [0.1, 0.15) is 5.76 Å². The molecule has 3 nitrogen and oxygen atoms in total. The normalized spacial score (nSPS) is 29.9. The maximum Gasteiger partial charge on any atom is 0.312 e. The number of esters is 1. The van der Waals surface area contributed by atoms with E-state index in [4.69, 9.17) is 4.74 Å². The van der Waals surface area contributed by atoms with E-state index < -0.39 is 0 Å². The Balaban J connectivity index is 2.03. The van der Waals surface area contributed by atoms with Gasteiger partial charge in [-0.1, -0.05) is 12.2 Å². The van der Waals surface area contributed by atoms with Gasteiger partial charge in [0.05, 0.1) is 6.42 Å². The van der Waals surface area contributed by atoms with E-state index in [1.807, 2.05) is 18.2 Å². The van der Waals surface area contributed by atoms with Crippen LogP contribution in [-0.4, -0.2) is 11.8 Å². The zero-order chi connectivity index (χ0) is 11.9.